The van der Waals surface area contributed by atoms with E-state index in [1.807, 2.05) is 0 Å². The number of nitrogens with zero attached hydrogens (tertiary/aromatic N) is 1. The van der Waals surface area contributed by atoms with Crippen molar-refractivity contribution in [2.24, 2.45) is 0 Å². The van der Waals surface area contributed by atoms with E-state index in [1.165, 1.54) is 0 Å². The monoisotopic (exact) mass is 367 g/mol. The van der Waals surface area contributed by atoms with Gasteiger partial charge in [-0.3, -0.25) is 10.1 Å². The van der Waals surface area contributed by atoms with E-state index in [-0.39, 0.29) is 6.07 Å². The first-order chi connectivity index (χ1) is 7.94. The summed E-state index contributed by atoms with van der Waals surface area (Å²) in [6.07, 6.45) is -5.07. The first-order valence-corrected chi connectivity index (χ1v) is 7.04. The molecule has 0 saturated carbocycles. The van der Waals surface area contributed by atoms with Crippen LogP contribution in [0.15, 0.2) is 21.5 Å². The van der Waals surface area contributed by atoms with Gasteiger partial charge in [0.15, 0.2) is 0 Å². The van der Waals surface area contributed by atoms with Gasteiger partial charge >= 0.3 is 6.18 Å². The third-order valence-corrected chi connectivity index (χ3v) is 4.10. The number of hydrogen-bond donors (Lipinski definition) is 0. The van der Waals surface area contributed by atoms with Crippen molar-refractivity contribution in [2.75, 3.05) is 0 Å². The molecule has 0 spiro atoms. The second kappa shape index (κ2) is 4.67. The summed E-state index contributed by atoms with van der Waals surface area (Å²) in [4.78, 5) is 8.33. The minimum absolute atomic E-state index is 0.116. The molecule has 0 aliphatic carbocycles. The quantitative estimate of drug-likeness (QED) is 0.456. The number of nitro groups is 1. The zero-order chi connectivity index (χ0) is 14.3. The van der Waals surface area contributed by atoms with Crippen molar-refractivity contribution in [1.82, 2.24) is 0 Å². The van der Waals surface area contributed by atoms with Crippen LogP contribution in [0.25, 0.3) is 0 Å². The molecule has 0 heterocycles. The highest BCUT2D eigenvalue weighted by Crippen LogP contribution is 2.40. The van der Waals surface area contributed by atoms with Crippen LogP contribution in [0.4, 0.5) is 18.9 Å². The maximum atomic E-state index is 12.6. The number of nitro benzene ring substituents is 1. The van der Waals surface area contributed by atoms with E-state index in [9.17, 15) is 31.7 Å². The number of benzene rings is 1. The van der Waals surface area contributed by atoms with Gasteiger partial charge in [0, 0.05) is 21.2 Å². The van der Waals surface area contributed by atoms with E-state index in [0.717, 1.165) is 0 Å². The molecule has 0 aliphatic rings. The molecule has 0 atom stereocenters. The van der Waals surface area contributed by atoms with Crippen molar-refractivity contribution in [2.45, 2.75) is 11.1 Å². The predicted molar refractivity (Wildman–Crippen MR) is 58.8 cm³/mol. The smallest absolute Gasteiger partial charge is 0.258 e. The van der Waals surface area contributed by atoms with Crippen LogP contribution < -0.4 is 0 Å². The maximum absolute atomic E-state index is 12.6. The Bertz CT molecular complexity index is 616. The molecule has 0 saturated heterocycles. The summed E-state index contributed by atoms with van der Waals surface area (Å²) in [5.41, 5.74) is -2.95. The second-order valence-electron chi connectivity index (χ2n) is 2.99. The summed E-state index contributed by atoms with van der Waals surface area (Å²) in [5, 5.41) is 10.5. The fraction of sp³-hybridized carbons (Fsp3) is 0.143. The van der Waals surface area contributed by atoms with Gasteiger partial charge in [-0.05, 0) is 22.0 Å². The normalized spacial score (nSPS) is 12.5. The van der Waals surface area contributed by atoms with Crippen LogP contribution in [0.1, 0.15) is 5.56 Å². The molecule has 0 bridgehead atoms. The molecule has 0 aromatic heterocycles. The Kier molecular flexibility index (Phi) is 3.94. The van der Waals surface area contributed by atoms with Gasteiger partial charge in [-0.25, -0.2) is 8.42 Å². The molecule has 0 radical (unpaired) electrons. The van der Waals surface area contributed by atoms with Gasteiger partial charge in [0.25, 0.3) is 14.7 Å². The van der Waals surface area contributed by atoms with Crippen molar-refractivity contribution in [3.63, 3.8) is 0 Å². The third-order valence-electron chi connectivity index (χ3n) is 1.81. The number of halogens is 5. The van der Waals surface area contributed by atoms with Crippen LogP contribution in [-0.4, -0.2) is 13.3 Å². The van der Waals surface area contributed by atoms with E-state index in [4.69, 9.17) is 10.7 Å². The maximum Gasteiger partial charge on any atom is 0.423 e. The van der Waals surface area contributed by atoms with E-state index < -0.39 is 40.8 Å². The van der Waals surface area contributed by atoms with Crippen LogP contribution in [0.5, 0.6) is 0 Å². The van der Waals surface area contributed by atoms with Gasteiger partial charge in [0.1, 0.15) is 5.56 Å². The average Bonchev–Trinajstić information content (AvgIpc) is 2.12. The fourth-order valence-corrected chi connectivity index (χ4v) is 3.29. The zero-order valence-corrected chi connectivity index (χ0v) is 11.2. The van der Waals surface area contributed by atoms with E-state index in [2.05, 4.69) is 15.9 Å². The van der Waals surface area contributed by atoms with Crippen LogP contribution in [0.2, 0.25) is 0 Å². The highest BCUT2D eigenvalue weighted by molar-refractivity contribution is 9.10. The molecule has 0 unspecified atom stereocenters. The molecule has 5 nitrogen and oxygen atoms in total. The lowest BCUT2D eigenvalue weighted by Crippen LogP contribution is -2.10. The molecule has 100 valence electrons. The Balaban J connectivity index is 3.73. The molecule has 1 rings (SSSR count). The molecule has 11 heteroatoms. The molecule has 0 amide bonds. The van der Waals surface area contributed by atoms with Gasteiger partial charge in [0.2, 0.25) is 0 Å². The van der Waals surface area contributed by atoms with Gasteiger partial charge in [-0.2, -0.15) is 13.2 Å². The summed E-state index contributed by atoms with van der Waals surface area (Å²) >= 11 is 2.62. The number of alkyl halides is 3. The first kappa shape index (κ1) is 15.2. The lowest BCUT2D eigenvalue weighted by molar-refractivity contribution is -0.388. The van der Waals surface area contributed by atoms with Crippen molar-refractivity contribution >= 4 is 41.4 Å². The van der Waals surface area contributed by atoms with Crippen molar-refractivity contribution in [3.8, 4) is 0 Å². The molecule has 0 N–H and O–H groups in total. The van der Waals surface area contributed by atoms with Crippen LogP contribution in [0, 0.1) is 10.1 Å². The highest BCUT2D eigenvalue weighted by Gasteiger charge is 2.40. The molecule has 1 aromatic carbocycles. The Hall–Kier alpha value is -0.870. The third kappa shape index (κ3) is 3.12. The summed E-state index contributed by atoms with van der Waals surface area (Å²) in [5.74, 6) is 0. The molecule has 1 aromatic rings. The fourth-order valence-electron chi connectivity index (χ4n) is 1.11. The van der Waals surface area contributed by atoms with Crippen molar-refractivity contribution in [1.29, 1.82) is 0 Å². The zero-order valence-electron chi connectivity index (χ0n) is 8.03. The van der Waals surface area contributed by atoms with E-state index in [0.29, 0.717) is 6.07 Å². The number of hydrogen-bond acceptors (Lipinski definition) is 4. The average molecular weight is 369 g/mol. The van der Waals surface area contributed by atoms with Crippen molar-refractivity contribution in [3.05, 3.63) is 32.3 Å². The van der Waals surface area contributed by atoms with E-state index >= 15 is 0 Å². The molecule has 0 fully saturated rings. The SMILES string of the molecule is O=[N+]([O-])c1cc(Br)c(S(=O)(=O)Cl)cc1C(F)(F)F. The van der Waals surface area contributed by atoms with Gasteiger partial charge in [0.05, 0.1) is 9.82 Å². The summed E-state index contributed by atoms with van der Waals surface area (Å²) in [7, 11) is 0.467. The number of rotatable bonds is 2. The van der Waals surface area contributed by atoms with Gasteiger partial charge < -0.3 is 0 Å². The minimum Gasteiger partial charge on any atom is -0.258 e. The lowest BCUT2D eigenvalue weighted by atomic mass is 10.2. The summed E-state index contributed by atoms with van der Waals surface area (Å²) < 4.78 is 59.3. The summed E-state index contributed by atoms with van der Waals surface area (Å²) in [6.45, 7) is 0. The standard InChI is InChI=1S/C7H2BrClF3NO4S/c8-4-2-5(13(14)15)3(7(10,11)12)1-6(4)18(9,16)17/h1-2H. The highest BCUT2D eigenvalue weighted by atomic mass is 79.9. The van der Waals surface area contributed by atoms with Crippen LogP contribution in [0.3, 0.4) is 0 Å². The molecule has 0 aliphatic heterocycles. The Morgan fingerprint density at radius 3 is 2.17 bits per heavy atom. The predicted octanol–water partition coefficient (Wildman–Crippen LogP) is 3.30. The first-order valence-electron chi connectivity index (χ1n) is 3.94. The van der Waals surface area contributed by atoms with Gasteiger partial charge in [-0.1, -0.05) is 0 Å². The largest absolute Gasteiger partial charge is 0.423 e. The Morgan fingerprint density at radius 1 is 1.33 bits per heavy atom. The Labute approximate surface area is 111 Å². The van der Waals surface area contributed by atoms with Gasteiger partial charge in [-0.15, -0.1) is 0 Å². The van der Waals surface area contributed by atoms with Crippen LogP contribution >= 0.6 is 26.6 Å². The molecular weight excluding hydrogens is 366 g/mol. The Morgan fingerprint density at radius 2 is 1.83 bits per heavy atom. The van der Waals surface area contributed by atoms with E-state index in [1.54, 1.807) is 0 Å². The van der Waals surface area contributed by atoms with Crippen molar-refractivity contribution < 1.29 is 26.5 Å². The molecule has 18 heavy (non-hydrogen) atoms. The topological polar surface area (TPSA) is 77.3 Å². The lowest BCUT2D eigenvalue weighted by Gasteiger charge is -2.09. The minimum atomic E-state index is -5.07. The molecular formula is C7H2BrClF3NO4S. The van der Waals surface area contributed by atoms with Crippen LogP contribution in [-0.2, 0) is 15.2 Å². The second-order valence-corrected chi connectivity index (χ2v) is 6.38. The summed E-state index contributed by atoms with van der Waals surface area (Å²) in [6, 6.07) is 0.558.